The molecule has 1 saturated heterocycles. The summed E-state index contributed by atoms with van der Waals surface area (Å²) in [4.78, 5) is 24.4. The van der Waals surface area contributed by atoms with Gasteiger partial charge in [-0.05, 0) is 50.7 Å². The number of aliphatic hydroxyl groups excluding tert-OH is 1. The van der Waals surface area contributed by atoms with Crippen molar-refractivity contribution in [2.24, 2.45) is 0 Å². The van der Waals surface area contributed by atoms with Gasteiger partial charge in [0.1, 0.15) is 6.10 Å². The maximum Gasteiger partial charge on any atom is 0.315 e. The van der Waals surface area contributed by atoms with Crippen LogP contribution in [-0.4, -0.2) is 54.0 Å². The fourth-order valence-corrected chi connectivity index (χ4v) is 4.07. The zero-order valence-electron chi connectivity index (χ0n) is 16.6. The topological polar surface area (TPSA) is 99.7 Å². The van der Waals surface area contributed by atoms with Crippen LogP contribution in [0.1, 0.15) is 44.2 Å². The zero-order valence-corrected chi connectivity index (χ0v) is 16.6. The van der Waals surface area contributed by atoms with Gasteiger partial charge < -0.3 is 25.8 Å². The van der Waals surface area contributed by atoms with Crippen molar-refractivity contribution < 1.29 is 19.4 Å². The number of nitrogens with one attached hydrogen (secondary N) is 3. The Labute approximate surface area is 166 Å². The molecule has 2 aliphatic rings. The minimum atomic E-state index is -0.500. The van der Waals surface area contributed by atoms with Crippen molar-refractivity contribution in [2.45, 2.75) is 76.3 Å². The zero-order chi connectivity index (χ0) is 20.1. The average molecular weight is 389 g/mol. The lowest BCUT2D eigenvalue weighted by Crippen LogP contribution is -2.54. The Hall–Kier alpha value is -2.12. The van der Waals surface area contributed by atoms with E-state index in [1.165, 1.54) is 11.1 Å². The highest BCUT2D eigenvalue weighted by molar-refractivity contribution is 5.77. The van der Waals surface area contributed by atoms with Gasteiger partial charge in [-0.1, -0.05) is 24.3 Å². The summed E-state index contributed by atoms with van der Waals surface area (Å²) in [5.41, 5.74) is 2.60. The van der Waals surface area contributed by atoms with Gasteiger partial charge in [0.25, 0.3) is 0 Å². The minimum absolute atomic E-state index is 0.0246. The molecule has 3 rings (SSSR count). The van der Waals surface area contributed by atoms with Crippen LogP contribution < -0.4 is 16.0 Å². The summed E-state index contributed by atoms with van der Waals surface area (Å²) in [6.45, 7) is 3.58. The van der Waals surface area contributed by atoms with Crippen LogP contribution in [0, 0.1) is 0 Å². The summed E-state index contributed by atoms with van der Waals surface area (Å²) in [6, 6.07) is 7.93. The van der Waals surface area contributed by atoms with Crippen molar-refractivity contribution in [3.63, 3.8) is 0 Å². The molecule has 28 heavy (non-hydrogen) atoms. The number of carbonyl (C=O) groups is 2. The molecular formula is C21H31N3O4. The van der Waals surface area contributed by atoms with Gasteiger partial charge in [-0.2, -0.15) is 0 Å². The number of aliphatic hydroxyl groups is 1. The van der Waals surface area contributed by atoms with Gasteiger partial charge in [-0.3, -0.25) is 4.79 Å². The molecule has 7 nitrogen and oxygen atoms in total. The summed E-state index contributed by atoms with van der Waals surface area (Å²) in [6.07, 6.45) is 2.60. The number of hydrogen-bond donors (Lipinski definition) is 4. The van der Waals surface area contributed by atoms with Crippen molar-refractivity contribution in [1.82, 2.24) is 16.0 Å². The number of carbonyl (C=O) groups excluding carboxylic acids is 2. The quantitative estimate of drug-likeness (QED) is 0.589. The van der Waals surface area contributed by atoms with Crippen LogP contribution >= 0.6 is 0 Å². The summed E-state index contributed by atoms with van der Waals surface area (Å²) in [5.74, 6) is -0.0246. The van der Waals surface area contributed by atoms with Crippen molar-refractivity contribution in [3.8, 4) is 0 Å². The molecule has 1 aromatic carbocycles. The highest BCUT2D eigenvalue weighted by Gasteiger charge is 2.33. The molecule has 0 unspecified atom stereocenters. The molecule has 0 aromatic heterocycles. The summed E-state index contributed by atoms with van der Waals surface area (Å²) >= 11 is 0. The van der Waals surface area contributed by atoms with Crippen molar-refractivity contribution in [1.29, 1.82) is 0 Å². The SMILES string of the molecule is CC(C)NC(=O)N[C@@H]1CC[C@H](CC(=O)NC2Cc3ccccc3C2)O[C@H]1CO. The number of benzene rings is 1. The molecule has 7 heteroatoms. The standard InChI is InChI=1S/C21H31N3O4/c1-13(2)22-21(27)24-18-8-7-17(28-19(18)12-25)11-20(26)23-16-9-14-5-3-4-6-15(14)10-16/h3-6,13,16-19,25H,7-12H2,1-2H3,(H,23,26)(H2,22,24,27)/t17-,18-,19+/m1/s1. The molecule has 1 aliphatic heterocycles. The van der Waals surface area contributed by atoms with E-state index < -0.39 is 6.10 Å². The van der Waals surface area contributed by atoms with E-state index in [0.717, 1.165) is 12.8 Å². The fraction of sp³-hybridized carbons (Fsp3) is 0.619. The molecule has 0 saturated carbocycles. The van der Waals surface area contributed by atoms with Crippen LogP contribution in [0.25, 0.3) is 0 Å². The lowest BCUT2D eigenvalue weighted by molar-refractivity contribution is -0.131. The largest absolute Gasteiger partial charge is 0.394 e. The molecular weight excluding hydrogens is 358 g/mol. The molecule has 0 spiro atoms. The van der Waals surface area contributed by atoms with Crippen LogP contribution in [-0.2, 0) is 22.4 Å². The van der Waals surface area contributed by atoms with Crippen molar-refractivity contribution in [3.05, 3.63) is 35.4 Å². The van der Waals surface area contributed by atoms with E-state index in [1.54, 1.807) is 0 Å². The second-order valence-electron chi connectivity index (χ2n) is 8.08. The highest BCUT2D eigenvalue weighted by atomic mass is 16.5. The fourth-order valence-electron chi connectivity index (χ4n) is 4.07. The van der Waals surface area contributed by atoms with Crippen LogP contribution in [0.4, 0.5) is 4.79 Å². The predicted molar refractivity (Wildman–Crippen MR) is 106 cm³/mol. The van der Waals surface area contributed by atoms with Crippen LogP contribution in [0.15, 0.2) is 24.3 Å². The Balaban J connectivity index is 1.44. The van der Waals surface area contributed by atoms with Gasteiger partial charge >= 0.3 is 6.03 Å². The molecule has 3 atom stereocenters. The van der Waals surface area contributed by atoms with Gasteiger partial charge in [0, 0.05) is 12.1 Å². The first-order chi connectivity index (χ1) is 13.4. The van der Waals surface area contributed by atoms with E-state index in [1.807, 2.05) is 26.0 Å². The van der Waals surface area contributed by atoms with Gasteiger partial charge in [0.05, 0.1) is 25.2 Å². The second kappa shape index (κ2) is 9.39. The molecule has 3 amide bonds. The minimum Gasteiger partial charge on any atom is -0.394 e. The number of fused-ring (bicyclic) bond motifs is 1. The number of rotatable bonds is 6. The molecule has 1 heterocycles. The van der Waals surface area contributed by atoms with Gasteiger partial charge in [0.15, 0.2) is 0 Å². The molecule has 0 radical (unpaired) electrons. The summed E-state index contributed by atoms with van der Waals surface area (Å²) in [7, 11) is 0. The second-order valence-corrected chi connectivity index (χ2v) is 8.08. The molecule has 1 fully saturated rings. The number of amides is 3. The summed E-state index contributed by atoms with van der Waals surface area (Å²) < 4.78 is 5.90. The Morgan fingerprint density at radius 1 is 1.14 bits per heavy atom. The van der Waals surface area contributed by atoms with Crippen molar-refractivity contribution in [2.75, 3.05) is 6.61 Å². The third-order valence-electron chi connectivity index (χ3n) is 5.36. The number of urea groups is 1. The van der Waals surface area contributed by atoms with Crippen LogP contribution in [0.5, 0.6) is 0 Å². The third-order valence-corrected chi connectivity index (χ3v) is 5.36. The molecule has 1 aliphatic carbocycles. The van der Waals surface area contributed by atoms with Crippen LogP contribution in [0.2, 0.25) is 0 Å². The predicted octanol–water partition coefficient (Wildman–Crippen LogP) is 1.28. The lowest BCUT2D eigenvalue weighted by Gasteiger charge is -2.36. The Bertz CT molecular complexity index is 669. The maximum atomic E-state index is 12.5. The lowest BCUT2D eigenvalue weighted by atomic mass is 9.97. The maximum absolute atomic E-state index is 12.5. The average Bonchev–Trinajstić information content (AvgIpc) is 3.04. The van der Waals surface area contributed by atoms with E-state index in [-0.39, 0.29) is 49.2 Å². The third kappa shape index (κ3) is 5.45. The van der Waals surface area contributed by atoms with Gasteiger partial charge in [-0.25, -0.2) is 4.79 Å². The first-order valence-electron chi connectivity index (χ1n) is 10.1. The first-order valence-corrected chi connectivity index (χ1v) is 10.1. The number of hydrogen-bond acceptors (Lipinski definition) is 4. The van der Waals surface area contributed by atoms with Crippen LogP contribution in [0.3, 0.4) is 0 Å². The summed E-state index contributed by atoms with van der Waals surface area (Å²) in [5, 5.41) is 18.4. The van der Waals surface area contributed by atoms with E-state index >= 15 is 0 Å². The smallest absolute Gasteiger partial charge is 0.315 e. The monoisotopic (exact) mass is 389 g/mol. The highest BCUT2D eigenvalue weighted by Crippen LogP contribution is 2.24. The van der Waals surface area contributed by atoms with E-state index in [4.69, 9.17) is 4.74 Å². The van der Waals surface area contributed by atoms with E-state index in [0.29, 0.717) is 12.8 Å². The normalized spacial score (nSPS) is 24.6. The van der Waals surface area contributed by atoms with Gasteiger partial charge in [-0.15, -0.1) is 0 Å². The first kappa shape index (κ1) is 20.6. The van der Waals surface area contributed by atoms with Crippen molar-refractivity contribution >= 4 is 11.9 Å². The van der Waals surface area contributed by atoms with Gasteiger partial charge in [0.2, 0.25) is 5.91 Å². The van der Waals surface area contributed by atoms with E-state index in [9.17, 15) is 14.7 Å². The molecule has 1 aromatic rings. The Kier molecular flexibility index (Phi) is 6.91. The molecule has 0 bridgehead atoms. The van der Waals surface area contributed by atoms with E-state index in [2.05, 4.69) is 28.1 Å². The number of ether oxygens (including phenoxy) is 1. The Morgan fingerprint density at radius 3 is 2.43 bits per heavy atom. The Morgan fingerprint density at radius 2 is 1.82 bits per heavy atom. The molecule has 4 N–H and O–H groups in total. The molecule has 154 valence electrons.